The second-order valence-electron chi connectivity index (χ2n) is 6.19. The summed E-state index contributed by atoms with van der Waals surface area (Å²) in [7, 11) is 0. The first-order valence-corrected chi connectivity index (χ1v) is 8.17. The summed E-state index contributed by atoms with van der Waals surface area (Å²) in [4.78, 5) is 13.3. The fourth-order valence-electron chi connectivity index (χ4n) is 3.51. The highest BCUT2D eigenvalue weighted by atomic mass is 16.4. The van der Waals surface area contributed by atoms with Crippen molar-refractivity contribution in [3.05, 3.63) is 29.8 Å². The number of rotatable bonds is 6. The number of anilines is 1. The molecule has 1 aromatic rings. The van der Waals surface area contributed by atoms with E-state index in [1.807, 2.05) is 0 Å². The van der Waals surface area contributed by atoms with Crippen molar-refractivity contribution in [3.8, 4) is 0 Å². The van der Waals surface area contributed by atoms with Crippen molar-refractivity contribution < 1.29 is 9.90 Å². The molecule has 0 saturated heterocycles. The molecule has 0 aromatic heterocycles. The van der Waals surface area contributed by atoms with Crippen LogP contribution in [0.1, 0.15) is 51.0 Å². The monoisotopic (exact) mass is 289 g/mol. The van der Waals surface area contributed by atoms with Crippen molar-refractivity contribution in [2.24, 2.45) is 5.92 Å². The quantitative estimate of drug-likeness (QED) is 0.851. The summed E-state index contributed by atoms with van der Waals surface area (Å²) in [5.41, 5.74) is 2.42. The molecule has 1 fully saturated rings. The van der Waals surface area contributed by atoms with Gasteiger partial charge in [0.05, 0.1) is 6.42 Å². The summed E-state index contributed by atoms with van der Waals surface area (Å²) in [5.74, 6) is -0.0233. The Labute approximate surface area is 128 Å². The minimum Gasteiger partial charge on any atom is -0.481 e. The molecule has 3 nitrogen and oxygen atoms in total. The molecule has 0 heterocycles. The number of carbonyl (C=O) groups is 1. The molecule has 0 spiro atoms. The smallest absolute Gasteiger partial charge is 0.305 e. The number of carboxylic acid groups (broad SMARTS) is 1. The maximum Gasteiger partial charge on any atom is 0.305 e. The van der Waals surface area contributed by atoms with Gasteiger partial charge in [0.15, 0.2) is 0 Å². The van der Waals surface area contributed by atoms with Crippen molar-refractivity contribution in [2.75, 3.05) is 11.4 Å². The molecule has 0 bridgehead atoms. The molecule has 1 N–H and O–H groups in total. The zero-order valence-electron chi connectivity index (χ0n) is 13.2. The van der Waals surface area contributed by atoms with E-state index in [2.05, 4.69) is 43.0 Å². The largest absolute Gasteiger partial charge is 0.481 e. The molecule has 21 heavy (non-hydrogen) atoms. The third kappa shape index (κ3) is 4.23. The van der Waals surface area contributed by atoms with Crippen LogP contribution in [0.15, 0.2) is 24.3 Å². The first-order chi connectivity index (χ1) is 10.1. The van der Waals surface area contributed by atoms with E-state index >= 15 is 0 Å². The number of nitrogens with zero attached hydrogens (tertiary/aromatic N) is 1. The van der Waals surface area contributed by atoms with Gasteiger partial charge >= 0.3 is 5.97 Å². The molecule has 2 rings (SSSR count). The van der Waals surface area contributed by atoms with Crippen molar-refractivity contribution in [2.45, 2.75) is 58.4 Å². The standard InChI is InChI=1S/C18H27NO2/c1-3-15-6-4-5-7-17(15)19(13-12-18(20)21)16-10-8-14(2)9-11-16/h8-11,15,17H,3-7,12-13H2,1-2H3,(H,20,21). The molecule has 116 valence electrons. The molecular formula is C18H27NO2. The van der Waals surface area contributed by atoms with Crippen LogP contribution in [-0.4, -0.2) is 23.7 Å². The van der Waals surface area contributed by atoms with Crippen LogP contribution in [0.4, 0.5) is 5.69 Å². The van der Waals surface area contributed by atoms with E-state index < -0.39 is 5.97 Å². The molecule has 1 aliphatic carbocycles. The predicted octanol–water partition coefficient (Wildman–Crippen LogP) is 4.24. The second kappa shape index (κ2) is 7.48. The second-order valence-corrected chi connectivity index (χ2v) is 6.19. The number of benzene rings is 1. The van der Waals surface area contributed by atoms with Gasteiger partial charge in [-0.1, -0.05) is 43.9 Å². The Hall–Kier alpha value is -1.51. The highest BCUT2D eigenvalue weighted by molar-refractivity contribution is 5.67. The molecule has 1 aliphatic rings. The van der Waals surface area contributed by atoms with E-state index in [0.717, 1.165) is 0 Å². The third-order valence-corrected chi connectivity index (χ3v) is 4.73. The zero-order chi connectivity index (χ0) is 15.2. The average Bonchev–Trinajstić information content (AvgIpc) is 2.49. The van der Waals surface area contributed by atoms with E-state index in [1.54, 1.807) is 0 Å². The van der Waals surface area contributed by atoms with E-state index in [0.29, 0.717) is 18.5 Å². The van der Waals surface area contributed by atoms with Crippen molar-refractivity contribution in [1.29, 1.82) is 0 Å². The molecule has 1 aromatic carbocycles. The Morgan fingerprint density at radius 1 is 1.24 bits per heavy atom. The maximum absolute atomic E-state index is 11.0. The van der Waals surface area contributed by atoms with Crippen LogP contribution in [0.25, 0.3) is 0 Å². The van der Waals surface area contributed by atoms with Gasteiger partial charge in [0.2, 0.25) is 0 Å². The van der Waals surface area contributed by atoms with Crippen LogP contribution in [0.2, 0.25) is 0 Å². The van der Waals surface area contributed by atoms with Gasteiger partial charge in [0, 0.05) is 18.3 Å². The number of aryl methyl sites for hydroxylation is 1. The lowest BCUT2D eigenvalue weighted by atomic mass is 9.81. The van der Waals surface area contributed by atoms with Gasteiger partial charge in [0.25, 0.3) is 0 Å². The molecule has 0 aliphatic heterocycles. The molecule has 2 atom stereocenters. The van der Waals surface area contributed by atoms with E-state index in [1.165, 1.54) is 43.4 Å². The third-order valence-electron chi connectivity index (χ3n) is 4.73. The first-order valence-electron chi connectivity index (χ1n) is 8.17. The van der Waals surface area contributed by atoms with Gasteiger partial charge in [-0.2, -0.15) is 0 Å². The van der Waals surface area contributed by atoms with Crippen LogP contribution < -0.4 is 4.90 Å². The van der Waals surface area contributed by atoms with Crippen LogP contribution in [0.5, 0.6) is 0 Å². The van der Waals surface area contributed by atoms with Gasteiger partial charge in [-0.25, -0.2) is 0 Å². The zero-order valence-corrected chi connectivity index (χ0v) is 13.2. The van der Waals surface area contributed by atoms with E-state index in [-0.39, 0.29) is 6.42 Å². The van der Waals surface area contributed by atoms with Gasteiger partial charge in [-0.05, 0) is 37.8 Å². The number of carboxylic acids is 1. The minimum atomic E-state index is -0.712. The molecular weight excluding hydrogens is 262 g/mol. The van der Waals surface area contributed by atoms with Crippen molar-refractivity contribution in [1.82, 2.24) is 0 Å². The van der Waals surface area contributed by atoms with Crippen LogP contribution in [-0.2, 0) is 4.79 Å². The molecule has 1 saturated carbocycles. The Bertz CT molecular complexity index is 455. The van der Waals surface area contributed by atoms with Crippen LogP contribution in [0.3, 0.4) is 0 Å². The van der Waals surface area contributed by atoms with Gasteiger partial charge in [-0.15, -0.1) is 0 Å². The Morgan fingerprint density at radius 2 is 1.90 bits per heavy atom. The number of hydrogen-bond donors (Lipinski definition) is 1. The molecule has 2 unspecified atom stereocenters. The molecule has 0 amide bonds. The summed E-state index contributed by atoms with van der Waals surface area (Å²) in [6.07, 6.45) is 6.43. The summed E-state index contributed by atoms with van der Waals surface area (Å²) < 4.78 is 0. The lowest BCUT2D eigenvalue weighted by molar-refractivity contribution is -0.136. The fraction of sp³-hybridized carbons (Fsp3) is 0.611. The maximum atomic E-state index is 11.0. The molecule has 3 heteroatoms. The lowest BCUT2D eigenvalue weighted by Crippen LogP contribution is -2.43. The normalized spacial score (nSPS) is 22.0. The van der Waals surface area contributed by atoms with Crippen LogP contribution in [0, 0.1) is 12.8 Å². The SMILES string of the molecule is CCC1CCCCC1N(CCC(=O)O)c1ccc(C)cc1. The minimum absolute atomic E-state index is 0.209. The summed E-state index contributed by atoms with van der Waals surface area (Å²) >= 11 is 0. The summed E-state index contributed by atoms with van der Waals surface area (Å²) in [6.45, 7) is 4.95. The Kier molecular flexibility index (Phi) is 5.66. The Balaban J connectivity index is 2.21. The summed E-state index contributed by atoms with van der Waals surface area (Å²) in [6, 6.07) is 9.00. The van der Waals surface area contributed by atoms with Crippen LogP contribution >= 0.6 is 0 Å². The van der Waals surface area contributed by atoms with Gasteiger partial charge < -0.3 is 10.0 Å². The Morgan fingerprint density at radius 3 is 2.52 bits per heavy atom. The average molecular weight is 289 g/mol. The van der Waals surface area contributed by atoms with Gasteiger partial charge in [-0.3, -0.25) is 4.79 Å². The highest BCUT2D eigenvalue weighted by Gasteiger charge is 2.29. The van der Waals surface area contributed by atoms with E-state index in [4.69, 9.17) is 5.11 Å². The summed E-state index contributed by atoms with van der Waals surface area (Å²) in [5, 5.41) is 9.05. The van der Waals surface area contributed by atoms with Gasteiger partial charge in [0.1, 0.15) is 0 Å². The predicted molar refractivity (Wildman–Crippen MR) is 86.8 cm³/mol. The van der Waals surface area contributed by atoms with Crippen molar-refractivity contribution in [3.63, 3.8) is 0 Å². The topological polar surface area (TPSA) is 40.5 Å². The van der Waals surface area contributed by atoms with E-state index in [9.17, 15) is 4.79 Å². The molecule has 0 radical (unpaired) electrons. The number of hydrogen-bond acceptors (Lipinski definition) is 2. The van der Waals surface area contributed by atoms with Crippen molar-refractivity contribution >= 4 is 11.7 Å². The first kappa shape index (κ1) is 15.9. The number of aliphatic carboxylic acids is 1. The highest BCUT2D eigenvalue weighted by Crippen LogP contribution is 2.33. The lowest BCUT2D eigenvalue weighted by Gasteiger charge is -2.41. The fourth-order valence-corrected chi connectivity index (χ4v) is 3.51.